The standard InChI is InChI=1S/C28H21ClN2O6/c1-15-23(28(33)36-2)24(25-26(30-15)19-5-3-4-6-20(19)27(25)32)17-9-12-22(21(29)13-17)37-14-16-7-10-18(11-8-16)31(34)35/h3-13,24,30H,14H2,1-2H3. The predicted molar refractivity (Wildman–Crippen MR) is 137 cm³/mol. The number of esters is 1. The van der Waals surface area contributed by atoms with Gasteiger partial charge in [0.2, 0.25) is 0 Å². The summed E-state index contributed by atoms with van der Waals surface area (Å²) in [7, 11) is 1.30. The molecular weight excluding hydrogens is 496 g/mol. The minimum Gasteiger partial charge on any atom is -0.487 e. The van der Waals surface area contributed by atoms with Crippen molar-refractivity contribution in [1.82, 2.24) is 5.32 Å². The van der Waals surface area contributed by atoms with Gasteiger partial charge in [-0.15, -0.1) is 0 Å². The van der Waals surface area contributed by atoms with Crippen molar-refractivity contribution >= 4 is 34.7 Å². The number of benzene rings is 3. The number of ether oxygens (including phenoxy) is 2. The van der Waals surface area contributed by atoms with E-state index in [0.717, 1.165) is 11.1 Å². The van der Waals surface area contributed by atoms with Crippen molar-refractivity contribution in [1.29, 1.82) is 0 Å². The number of fused-ring (bicyclic) bond motifs is 2. The lowest BCUT2D eigenvalue weighted by molar-refractivity contribution is -0.384. The highest BCUT2D eigenvalue weighted by Crippen LogP contribution is 2.47. The normalized spacial score (nSPS) is 16.2. The van der Waals surface area contributed by atoms with Crippen LogP contribution in [-0.4, -0.2) is 23.8 Å². The fourth-order valence-corrected chi connectivity index (χ4v) is 4.98. The van der Waals surface area contributed by atoms with Crippen LogP contribution in [0.1, 0.15) is 39.9 Å². The highest BCUT2D eigenvalue weighted by Gasteiger charge is 2.42. The Labute approximate surface area is 217 Å². The number of allylic oxidation sites excluding steroid dienone is 2. The maximum atomic E-state index is 13.5. The maximum absolute atomic E-state index is 13.5. The van der Waals surface area contributed by atoms with Crippen LogP contribution in [0.3, 0.4) is 0 Å². The van der Waals surface area contributed by atoms with Gasteiger partial charge in [-0.2, -0.15) is 0 Å². The largest absolute Gasteiger partial charge is 0.487 e. The molecule has 5 rings (SSSR count). The number of dihydropyridines is 1. The lowest BCUT2D eigenvalue weighted by Crippen LogP contribution is -2.29. The highest BCUT2D eigenvalue weighted by atomic mass is 35.5. The molecule has 0 saturated carbocycles. The van der Waals surface area contributed by atoms with E-state index in [1.807, 2.05) is 12.1 Å². The van der Waals surface area contributed by atoms with E-state index < -0.39 is 16.8 Å². The van der Waals surface area contributed by atoms with Crippen molar-refractivity contribution in [3.63, 3.8) is 0 Å². The molecule has 1 aliphatic carbocycles. The fourth-order valence-electron chi connectivity index (χ4n) is 4.73. The van der Waals surface area contributed by atoms with Gasteiger partial charge in [0.25, 0.3) is 5.69 Å². The van der Waals surface area contributed by atoms with Crippen LogP contribution in [0, 0.1) is 10.1 Å². The molecule has 8 nitrogen and oxygen atoms in total. The molecule has 9 heteroatoms. The number of methoxy groups -OCH3 is 1. The number of halogens is 1. The summed E-state index contributed by atoms with van der Waals surface area (Å²) in [5.74, 6) is -0.996. The molecule has 1 atom stereocenters. The number of nitrogens with zero attached hydrogens (tertiary/aromatic N) is 1. The van der Waals surface area contributed by atoms with Gasteiger partial charge < -0.3 is 14.8 Å². The average Bonchev–Trinajstić information content (AvgIpc) is 3.18. The molecule has 1 aliphatic heterocycles. The minimum atomic E-state index is -0.690. The van der Waals surface area contributed by atoms with Gasteiger partial charge in [-0.1, -0.05) is 41.9 Å². The number of carbonyl (C=O) groups is 2. The number of Topliss-reactive ketones (excluding diaryl/α,β-unsaturated/α-hetero) is 1. The summed E-state index contributed by atoms with van der Waals surface area (Å²) >= 11 is 6.58. The first kappa shape index (κ1) is 24.3. The van der Waals surface area contributed by atoms with Crippen molar-refractivity contribution in [2.45, 2.75) is 19.4 Å². The SMILES string of the molecule is COC(=O)C1=C(C)NC2=C(C(=O)c3ccccc32)C1c1ccc(OCc2ccc([N+](=O)[O-])cc2)c(Cl)c1. The number of hydrogen-bond donors (Lipinski definition) is 1. The van der Waals surface area contributed by atoms with Gasteiger partial charge in [-0.05, 0) is 42.3 Å². The van der Waals surface area contributed by atoms with E-state index in [0.29, 0.717) is 44.4 Å². The number of hydrogen-bond acceptors (Lipinski definition) is 7. The van der Waals surface area contributed by atoms with Crippen molar-refractivity contribution < 1.29 is 24.0 Å². The highest BCUT2D eigenvalue weighted by molar-refractivity contribution is 6.32. The first-order chi connectivity index (χ1) is 17.8. The lowest BCUT2D eigenvalue weighted by atomic mass is 9.80. The molecule has 0 saturated heterocycles. The van der Waals surface area contributed by atoms with E-state index in [9.17, 15) is 19.7 Å². The zero-order valence-corrected chi connectivity index (χ0v) is 20.7. The first-order valence-corrected chi connectivity index (χ1v) is 11.8. The van der Waals surface area contributed by atoms with E-state index in [2.05, 4.69) is 5.32 Å². The second-order valence-electron chi connectivity index (χ2n) is 8.65. The van der Waals surface area contributed by atoms with Gasteiger partial charge in [0.1, 0.15) is 12.4 Å². The van der Waals surface area contributed by atoms with Gasteiger partial charge in [0.15, 0.2) is 5.78 Å². The zero-order valence-electron chi connectivity index (χ0n) is 19.9. The van der Waals surface area contributed by atoms with Crippen molar-refractivity contribution in [3.05, 3.63) is 121 Å². The Morgan fingerprint density at radius 2 is 1.78 bits per heavy atom. The summed E-state index contributed by atoms with van der Waals surface area (Å²) in [4.78, 5) is 36.7. The van der Waals surface area contributed by atoms with Gasteiger partial charge in [-0.25, -0.2) is 4.79 Å². The van der Waals surface area contributed by atoms with E-state index in [-0.39, 0.29) is 18.1 Å². The van der Waals surface area contributed by atoms with Crippen molar-refractivity contribution in [2.75, 3.05) is 7.11 Å². The molecule has 0 aromatic heterocycles. The minimum absolute atomic E-state index is 0.00449. The quantitative estimate of drug-likeness (QED) is 0.259. The second-order valence-corrected chi connectivity index (χ2v) is 9.06. The predicted octanol–water partition coefficient (Wildman–Crippen LogP) is 5.57. The number of carbonyl (C=O) groups excluding carboxylic acids is 2. The lowest BCUT2D eigenvalue weighted by Gasteiger charge is -2.29. The summed E-state index contributed by atoms with van der Waals surface area (Å²) in [6.45, 7) is 1.93. The molecule has 0 bridgehead atoms. The monoisotopic (exact) mass is 516 g/mol. The van der Waals surface area contributed by atoms with Gasteiger partial charge >= 0.3 is 5.97 Å². The Morgan fingerprint density at radius 1 is 1.08 bits per heavy atom. The van der Waals surface area contributed by atoms with E-state index in [1.165, 1.54) is 19.2 Å². The Morgan fingerprint density at radius 3 is 2.43 bits per heavy atom. The van der Waals surface area contributed by atoms with Crippen LogP contribution in [0.25, 0.3) is 5.70 Å². The molecule has 2 aliphatic rings. The molecule has 0 fully saturated rings. The summed E-state index contributed by atoms with van der Waals surface area (Å²) in [5.41, 5.74) is 4.78. The smallest absolute Gasteiger partial charge is 0.336 e. The van der Waals surface area contributed by atoms with Crippen LogP contribution < -0.4 is 10.1 Å². The van der Waals surface area contributed by atoms with Gasteiger partial charge in [0.05, 0.1) is 28.3 Å². The third-order valence-electron chi connectivity index (χ3n) is 6.48. The Balaban J connectivity index is 1.49. The first-order valence-electron chi connectivity index (χ1n) is 11.4. The third-order valence-corrected chi connectivity index (χ3v) is 6.78. The zero-order chi connectivity index (χ0) is 26.3. The second kappa shape index (κ2) is 9.55. The number of ketones is 1. The molecule has 37 heavy (non-hydrogen) atoms. The Hall–Kier alpha value is -4.43. The van der Waals surface area contributed by atoms with Crippen LogP contribution in [0.5, 0.6) is 5.75 Å². The van der Waals surface area contributed by atoms with Crippen LogP contribution >= 0.6 is 11.6 Å². The van der Waals surface area contributed by atoms with Crippen molar-refractivity contribution in [2.24, 2.45) is 0 Å². The third kappa shape index (κ3) is 4.25. The Bertz CT molecular complexity index is 1520. The van der Waals surface area contributed by atoms with Gasteiger partial charge in [0, 0.05) is 40.4 Å². The topological polar surface area (TPSA) is 108 Å². The molecular formula is C28H21ClN2O6. The number of nitro groups is 1. The van der Waals surface area contributed by atoms with Crippen LogP contribution in [-0.2, 0) is 16.1 Å². The van der Waals surface area contributed by atoms with Crippen LogP contribution in [0.15, 0.2) is 83.6 Å². The summed E-state index contributed by atoms with van der Waals surface area (Å²) < 4.78 is 10.9. The van der Waals surface area contributed by atoms with Crippen LogP contribution in [0.4, 0.5) is 5.69 Å². The van der Waals surface area contributed by atoms with Crippen LogP contribution in [0.2, 0.25) is 5.02 Å². The van der Waals surface area contributed by atoms with E-state index in [1.54, 1.807) is 49.4 Å². The summed E-state index contributed by atoms with van der Waals surface area (Å²) in [6, 6.07) is 18.5. The average molecular weight is 517 g/mol. The van der Waals surface area contributed by atoms with Gasteiger partial charge in [-0.3, -0.25) is 14.9 Å². The van der Waals surface area contributed by atoms with E-state index >= 15 is 0 Å². The number of non-ortho nitro benzene ring substituents is 1. The molecule has 3 aromatic carbocycles. The fraction of sp³-hybridized carbons (Fsp3) is 0.143. The molecule has 0 amide bonds. The molecule has 1 heterocycles. The van der Waals surface area contributed by atoms with E-state index in [4.69, 9.17) is 21.1 Å². The molecule has 1 unspecified atom stereocenters. The number of nitrogens with one attached hydrogen (secondary N) is 1. The number of nitro benzene ring substituents is 1. The molecule has 3 aromatic rings. The molecule has 0 radical (unpaired) electrons. The molecule has 186 valence electrons. The Kier molecular flexibility index (Phi) is 6.27. The van der Waals surface area contributed by atoms with Crippen molar-refractivity contribution in [3.8, 4) is 5.75 Å². The summed E-state index contributed by atoms with van der Waals surface area (Å²) in [5, 5.41) is 14.4. The maximum Gasteiger partial charge on any atom is 0.336 e. The molecule has 0 spiro atoms. The number of rotatable bonds is 6. The molecule has 1 N–H and O–H groups in total. The summed E-state index contributed by atoms with van der Waals surface area (Å²) in [6.07, 6.45) is 0.